The summed E-state index contributed by atoms with van der Waals surface area (Å²) in [5, 5.41) is 0. The lowest BCUT2D eigenvalue weighted by molar-refractivity contribution is 0.0517. The molecule has 2 aromatic rings. The van der Waals surface area contributed by atoms with Gasteiger partial charge in [-0.2, -0.15) is 0 Å². The molecule has 0 unspecified atom stereocenters. The zero-order valence-corrected chi connectivity index (χ0v) is 14.9. The SMILES string of the molecule is Cc1ccc(C(=O)N2CCN(C(=O)c3cccc(N(C)C)c3)CC2)o1. The first-order chi connectivity index (χ1) is 12.0. The van der Waals surface area contributed by atoms with E-state index in [0.717, 1.165) is 11.4 Å². The van der Waals surface area contributed by atoms with Gasteiger partial charge in [-0.3, -0.25) is 9.59 Å². The van der Waals surface area contributed by atoms with Crippen LogP contribution < -0.4 is 4.90 Å². The predicted octanol–water partition coefficient (Wildman–Crippen LogP) is 2.25. The first-order valence-electron chi connectivity index (χ1n) is 8.38. The number of furan rings is 1. The van der Waals surface area contributed by atoms with Gasteiger partial charge in [-0.05, 0) is 37.3 Å². The Morgan fingerprint density at radius 3 is 2.16 bits per heavy atom. The van der Waals surface area contributed by atoms with Crippen molar-refractivity contribution in [3.05, 3.63) is 53.5 Å². The summed E-state index contributed by atoms with van der Waals surface area (Å²) in [6.07, 6.45) is 0. The molecule has 2 amide bonds. The molecule has 0 radical (unpaired) electrons. The van der Waals surface area contributed by atoms with Crippen molar-refractivity contribution in [3.8, 4) is 0 Å². The van der Waals surface area contributed by atoms with E-state index < -0.39 is 0 Å². The standard InChI is InChI=1S/C19H23N3O3/c1-14-7-8-17(25-14)19(24)22-11-9-21(10-12-22)18(23)15-5-4-6-16(13-15)20(2)3/h4-8,13H,9-12H2,1-3H3. The summed E-state index contributed by atoms with van der Waals surface area (Å²) in [6, 6.07) is 11.1. The smallest absolute Gasteiger partial charge is 0.289 e. The van der Waals surface area contributed by atoms with Crippen LogP contribution in [-0.4, -0.2) is 61.9 Å². The Labute approximate surface area is 147 Å². The highest BCUT2D eigenvalue weighted by molar-refractivity contribution is 5.96. The molecule has 0 aliphatic carbocycles. The minimum absolute atomic E-state index is 0.00430. The largest absolute Gasteiger partial charge is 0.456 e. The van der Waals surface area contributed by atoms with Crippen LogP contribution in [0.2, 0.25) is 0 Å². The molecular formula is C19H23N3O3. The Balaban J connectivity index is 1.63. The van der Waals surface area contributed by atoms with Crippen LogP contribution in [0, 0.1) is 6.92 Å². The third kappa shape index (κ3) is 3.68. The first-order valence-corrected chi connectivity index (χ1v) is 8.38. The van der Waals surface area contributed by atoms with E-state index in [1.807, 2.05) is 50.2 Å². The number of benzene rings is 1. The van der Waals surface area contributed by atoms with Gasteiger partial charge >= 0.3 is 0 Å². The third-order valence-corrected chi connectivity index (χ3v) is 4.41. The lowest BCUT2D eigenvalue weighted by atomic mass is 10.1. The Hall–Kier alpha value is -2.76. The van der Waals surface area contributed by atoms with Crippen molar-refractivity contribution in [2.24, 2.45) is 0 Å². The van der Waals surface area contributed by atoms with E-state index in [4.69, 9.17) is 4.42 Å². The molecule has 1 fully saturated rings. The van der Waals surface area contributed by atoms with Gasteiger partial charge in [-0.1, -0.05) is 6.07 Å². The molecule has 0 N–H and O–H groups in total. The molecule has 6 heteroatoms. The van der Waals surface area contributed by atoms with Crippen molar-refractivity contribution in [1.82, 2.24) is 9.80 Å². The molecular weight excluding hydrogens is 318 g/mol. The number of aryl methyl sites for hydroxylation is 1. The molecule has 132 valence electrons. The van der Waals surface area contributed by atoms with E-state index in [2.05, 4.69) is 0 Å². The number of anilines is 1. The average molecular weight is 341 g/mol. The number of nitrogens with zero attached hydrogens (tertiary/aromatic N) is 3. The number of carbonyl (C=O) groups excluding carboxylic acids is 2. The molecule has 0 saturated carbocycles. The quantitative estimate of drug-likeness (QED) is 0.859. The number of carbonyl (C=O) groups is 2. The number of hydrogen-bond acceptors (Lipinski definition) is 4. The number of piperazine rings is 1. The van der Waals surface area contributed by atoms with E-state index in [-0.39, 0.29) is 11.8 Å². The summed E-state index contributed by atoms with van der Waals surface area (Å²) in [5.41, 5.74) is 1.67. The number of hydrogen-bond donors (Lipinski definition) is 0. The second-order valence-electron chi connectivity index (χ2n) is 6.44. The van der Waals surface area contributed by atoms with Crippen LogP contribution in [0.5, 0.6) is 0 Å². The van der Waals surface area contributed by atoms with Crippen LogP contribution in [-0.2, 0) is 0 Å². The fourth-order valence-corrected chi connectivity index (χ4v) is 2.92. The highest BCUT2D eigenvalue weighted by atomic mass is 16.3. The van der Waals surface area contributed by atoms with Crippen molar-refractivity contribution < 1.29 is 14.0 Å². The van der Waals surface area contributed by atoms with E-state index >= 15 is 0 Å². The average Bonchev–Trinajstić information content (AvgIpc) is 3.07. The Morgan fingerprint density at radius 1 is 0.960 bits per heavy atom. The van der Waals surface area contributed by atoms with Crippen molar-refractivity contribution in [3.63, 3.8) is 0 Å². The fraction of sp³-hybridized carbons (Fsp3) is 0.368. The number of amides is 2. The summed E-state index contributed by atoms with van der Waals surface area (Å²) >= 11 is 0. The second kappa shape index (κ2) is 7.01. The van der Waals surface area contributed by atoms with Gasteiger partial charge in [0.1, 0.15) is 5.76 Å². The van der Waals surface area contributed by atoms with Gasteiger partial charge in [0.2, 0.25) is 0 Å². The maximum absolute atomic E-state index is 12.7. The minimum Gasteiger partial charge on any atom is -0.456 e. The molecule has 0 bridgehead atoms. The Bertz CT molecular complexity index is 774. The van der Waals surface area contributed by atoms with Gasteiger partial charge in [-0.25, -0.2) is 0 Å². The maximum Gasteiger partial charge on any atom is 0.289 e. The summed E-state index contributed by atoms with van der Waals surface area (Å²) in [6.45, 7) is 3.89. The van der Waals surface area contributed by atoms with Crippen LogP contribution in [0.1, 0.15) is 26.7 Å². The summed E-state index contributed by atoms with van der Waals surface area (Å²) in [4.78, 5) is 30.6. The van der Waals surface area contributed by atoms with Crippen LogP contribution >= 0.6 is 0 Å². The van der Waals surface area contributed by atoms with E-state index in [1.165, 1.54) is 0 Å². The van der Waals surface area contributed by atoms with E-state index in [9.17, 15) is 9.59 Å². The lowest BCUT2D eigenvalue weighted by Gasteiger charge is -2.34. The van der Waals surface area contributed by atoms with Crippen LogP contribution in [0.15, 0.2) is 40.8 Å². The van der Waals surface area contributed by atoms with Crippen molar-refractivity contribution >= 4 is 17.5 Å². The van der Waals surface area contributed by atoms with Gasteiger partial charge in [0.15, 0.2) is 5.76 Å². The van der Waals surface area contributed by atoms with Crippen LogP contribution in [0.4, 0.5) is 5.69 Å². The van der Waals surface area contributed by atoms with Crippen molar-refractivity contribution in [2.75, 3.05) is 45.2 Å². The minimum atomic E-state index is -0.116. The van der Waals surface area contributed by atoms with Gasteiger partial charge in [0, 0.05) is 51.5 Å². The zero-order valence-electron chi connectivity index (χ0n) is 14.9. The monoisotopic (exact) mass is 341 g/mol. The van der Waals surface area contributed by atoms with Gasteiger partial charge in [-0.15, -0.1) is 0 Å². The van der Waals surface area contributed by atoms with Gasteiger partial charge in [0.05, 0.1) is 0 Å². The highest BCUT2D eigenvalue weighted by Crippen LogP contribution is 2.17. The van der Waals surface area contributed by atoms with Gasteiger partial charge in [0.25, 0.3) is 11.8 Å². The van der Waals surface area contributed by atoms with Crippen LogP contribution in [0.25, 0.3) is 0 Å². The van der Waals surface area contributed by atoms with Crippen molar-refractivity contribution in [2.45, 2.75) is 6.92 Å². The fourth-order valence-electron chi connectivity index (χ4n) is 2.92. The summed E-state index contributed by atoms with van der Waals surface area (Å²) in [5.74, 6) is 0.966. The Kier molecular flexibility index (Phi) is 4.79. The molecule has 2 heterocycles. The molecule has 1 aliphatic heterocycles. The van der Waals surface area contributed by atoms with E-state index in [0.29, 0.717) is 37.5 Å². The van der Waals surface area contributed by atoms with E-state index in [1.54, 1.807) is 21.9 Å². The summed E-state index contributed by atoms with van der Waals surface area (Å²) in [7, 11) is 3.90. The maximum atomic E-state index is 12.7. The Morgan fingerprint density at radius 2 is 1.60 bits per heavy atom. The van der Waals surface area contributed by atoms with Gasteiger partial charge < -0.3 is 19.1 Å². The molecule has 1 aromatic carbocycles. The topological polar surface area (TPSA) is 57.0 Å². The lowest BCUT2D eigenvalue weighted by Crippen LogP contribution is -2.50. The molecule has 0 atom stereocenters. The first kappa shape index (κ1) is 17.1. The molecule has 1 aromatic heterocycles. The molecule has 6 nitrogen and oxygen atoms in total. The normalized spacial score (nSPS) is 14.5. The summed E-state index contributed by atoms with van der Waals surface area (Å²) < 4.78 is 5.40. The predicted molar refractivity (Wildman–Crippen MR) is 96.0 cm³/mol. The highest BCUT2D eigenvalue weighted by Gasteiger charge is 2.26. The van der Waals surface area contributed by atoms with Crippen LogP contribution in [0.3, 0.4) is 0 Å². The molecule has 3 rings (SSSR count). The second-order valence-corrected chi connectivity index (χ2v) is 6.44. The third-order valence-electron chi connectivity index (χ3n) is 4.41. The number of rotatable bonds is 3. The zero-order chi connectivity index (χ0) is 18.0. The van der Waals surface area contributed by atoms with Crippen molar-refractivity contribution in [1.29, 1.82) is 0 Å². The molecule has 0 spiro atoms. The molecule has 1 saturated heterocycles. The molecule has 25 heavy (non-hydrogen) atoms. The molecule has 1 aliphatic rings.